The first-order valence-corrected chi connectivity index (χ1v) is 17.9. The molecule has 0 saturated heterocycles. The molecule has 242 valence electrons. The molecular formula is C50H31NO. The van der Waals surface area contributed by atoms with E-state index in [9.17, 15) is 0 Å². The van der Waals surface area contributed by atoms with Crippen LogP contribution < -0.4 is 0 Å². The predicted octanol–water partition coefficient (Wildman–Crippen LogP) is 12.8. The van der Waals surface area contributed by atoms with Crippen LogP contribution in [0.2, 0.25) is 0 Å². The highest BCUT2D eigenvalue weighted by atomic mass is 16.3. The fraction of sp³-hybridized carbons (Fsp3) is 0.0200. The first-order chi connectivity index (χ1) is 25.8. The largest absolute Gasteiger partial charge is 0.459 e. The Morgan fingerprint density at radius 3 is 1.56 bits per heavy atom. The number of hydrogen-bond acceptors (Lipinski definition) is 2. The number of aromatic nitrogens is 1. The third-order valence-corrected chi connectivity index (χ3v) is 11.1. The van der Waals surface area contributed by atoms with Gasteiger partial charge in [-0.2, -0.15) is 0 Å². The van der Waals surface area contributed by atoms with Gasteiger partial charge in [-0.1, -0.05) is 170 Å². The van der Waals surface area contributed by atoms with E-state index in [2.05, 4.69) is 188 Å². The standard InChI is InChI=1S/C50H31NO/c1-3-14-32(15-4-1)33-26-28-35(29-27-33)45-31-36(30-44(51-45)34-16-5-2-6-17-34)37-21-13-24-43-47(37)48-40-20-9-12-25-46(40)52-49(48)50(43)41-22-10-7-18-38(41)39-19-8-11-23-42(39)50/h1-31H. The molecule has 0 amide bonds. The summed E-state index contributed by atoms with van der Waals surface area (Å²) in [6.07, 6.45) is 0. The zero-order valence-electron chi connectivity index (χ0n) is 28.3. The van der Waals surface area contributed by atoms with Gasteiger partial charge in [0.1, 0.15) is 16.8 Å². The van der Waals surface area contributed by atoms with Crippen LogP contribution in [0.15, 0.2) is 192 Å². The Balaban J connectivity index is 1.19. The highest BCUT2D eigenvalue weighted by Gasteiger charge is 2.55. The van der Waals surface area contributed by atoms with Crippen LogP contribution in [0, 0.1) is 0 Å². The molecule has 0 radical (unpaired) electrons. The van der Waals surface area contributed by atoms with Gasteiger partial charge in [-0.05, 0) is 73.8 Å². The summed E-state index contributed by atoms with van der Waals surface area (Å²) in [5.41, 5.74) is 17.8. The zero-order valence-corrected chi connectivity index (χ0v) is 28.3. The van der Waals surface area contributed by atoms with Gasteiger partial charge in [0, 0.05) is 22.1 Å². The fourth-order valence-corrected chi connectivity index (χ4v) is 8.88. The molecule has 2 heteroatoms. The van der Waals surface area contributed by atoms with Crippen molar-refractivity contribution in [3.63, 3.8) is 0 Å². The van der Waals surface area contributed by atoms with Crippen molar-refractivity contribution in [3.05, 3.63) is 211 Å². The fourth-order valence-electron chi connectivity index (χ4n) is 8.88. The number of furan rings is 1. The van der Waals surface area contributed by atoms with E-state index in [1.165, 1.54) is 55.6 Å². The van der Waals surface area contributed by atoms with Gasteiger partial charge in [-0.3, -0.25) is 0 Å². The lowest BCUT2D eigenvalue weighted by Gasteiger charge is -2.28. The van der Waals surface area contributed by atoms with Gasteiger partial charge < -0.3 is 4.42 Å². The molecule has 1 spiro atoms. The van der Waals surface area contributed by atoms with Crippen LogP contribution in [0.5, 0.6) is 0 Å². The Bertz CT molecular complexity index is 2780. The zero-order chi connectivity index (χ0) is 34.2. The lowest BCUT2D eigenvalue weighted by atomic mass is 9.73. The quantitative estimate of drug-likeness (QED) is 0.188. The van der Waals surface area contributed by atoms with Crippen LogP contribution in [0.1, 0.15) is 22.5 Å². The summed E-state index contributed by atoms with van der Waals surface area (Å²) in [5.74, 6) is 1.00. The van der Waals surface area contributed by atoms with Crippen LogP contribution in [0.3, 0.4) is 0 Å². The molecule has 52 heavy (non-hydrogen) atoms. The molecule has 0 atom stereocenters. The normalized spacial score (nSPS) is 13.2. The number of nitrogens with zero attached hydrogens (tertiary/aromatic N) is 1. The molecule has 0 saturated carbocycles. The second-order valence-corrected chi connectivity index (χ2v) is 13.8. The maximum atomic E-state index is 7.06. The van der Waals surface area contributed by atoms with E-state index in [0.29, 0.717) is 0 Å². The van der Waals surface area contributed by atoms with Gasteiger partial charge in [0.15, 0.2) is 0 Å². The molecule has 2 aliphatic carbocycles. The molecule has 7 aromatic carbocycles. The van der Waals surface area contributed by atoms with E-state index in [4.69, 9.17) is 9.40 Å². The Labute approximate surface area is 302 Å². The molecule has 0 fully saturated rings. The van der Waals surface area contributed by atoms with Crippen molar-refractivity contribution in [3.8, 4) is 67.0 Å². The van der Waals surface area contributed by atoms with Crippen molar-refractivity contribution in [2.75, 3.05) is 0 Å². The number of rotatable bonds is 4. The second kappa shape index (κ2) is 11.1. The summed E-state index contributed by atoms with van der Waals surface area (Å²) in [6.45, 7) is 0. The summed E-state index contributed by atoms with van der Waals surface area (Å²) in [7, 11) is 0. The minimum Gasteiger partial charge on any atom is -0.459 e. The van der Waals surface area contributed by atoms with Crippen molar-refractivity contribution in [1.82, 2.24) is 4.98 Å². The Kier molecular flexibility index (Phi) is 6.20. The summed E-state index contributed by atoms with van der Waals surface area (Å²) in [6, 6.07) is 67.5. The van der Waals surface area contributed by atoms with Gasteiger partial charge in [-0.15, -0.1) is 0 Å². The van der Waals surface area contributed by atoms with Crippen LogP contribution in [0.4, 0.5) is 0 Å². The molecule has 2 nitrogen and oxygen atoms in total. The summed E-state index contributed by atoms with van der Waals surface area (Å²) in [4.78, 5) is 5.29. The summed E-state index contributed by atoms with van der Waals surface area (Å²) >= 11 is 0. The van der Waals surface area contributed by atoms with E-state index in [0.717, 1.165) is 44.8 Å². The number of hydrogen-bond donors (Lipinski definition) is 0. The van der Waals surface area contributed by atoms with Crippen LogP contribution in [0.25, 0.3) is 78.0 Å². The summed E-state index contributed by atoms with van der Waals surface area (Å²) < 4.78 is 7.06. The molecule has 0 bridgehead atoms. The molecule has 11 rings (SSSR count). The van der Waals surface area contributed by atoms with Crippen LogP contribution in [-0.2, 0) is 5.41 Å². The van der Waals surface area contributed by atoms with Gasteiger partial charge in [0.05, 0.1) is 11.4 Å². The van der Waals surface area contributed by atoms with Crippen molar-refractivity contribution in [2.24, 2.45) is 0 Å². The molecule has 0 aliphatic heterocycles. The Morgan fingerprint density at radius 2 is 0.865 bits per heavy atom. The number of benzene rings is 7. The maximum Gasteiger partial charge on any atom is 0.135 e. The SMILES string of the molecule is c1ccc(-c2ccc(-c3cc(-c4cccc5c4-c4c(oc6ccccc46)C54c5ccccc5-c5ccccc54)cc(-c4ccccc4)n3)cc2)cc1. The minimum absolute atomic E-state index is 0.571. The molecule has 0 unspecified atom stereocenters. The van der Waals surface area contributed by atoms with Crippen LogP contribution in [-0.4, -0.2) is 4.98 Å². The van der Waals surface area contributed by atoms with E-state index >= 15 is 0 Å². The maximum absolute atomic E-state index is 7.06. The smallest absolute Gasteiger partial charge is 0.135 e. The molecular weight excluding hydrogens is 631 g/mol. The first-order valence-electron chi connectivity index (χ1n) is 17.9. The van der Waals surface area contributed by atoms with Crippen molar-refractivity contribution >= 4 is 11.0 Å². The monoisotopic (exact) mass is 661 g/mol. The van der Waals surface area contributed by atoms with Gasteiger partial charge in [0.25, 0.3) is 0 Å². The molecule has 2 aliphatic rings. The Morgan fingerprint density at radius 1 is 0.365 bits per heavy atom. The van der Waals surface area contributed by atoms with Gasteiger partial charge >= 0.3 is 0 Å². The molecule has 2 heterocycles. The molecule has 0 N–H and O–H groups in total. The van der Waals surface area contributed by atoms with Crippen molar-refractivity contribution in [1.29, 1.82) is 0 Å². The lowest BCUT2D eigenvalue weighted by Crippen LogP contribution is -2.25. The predicted molar refractivity (Wildman–Crippen MR) is 212 cm³/mol. The van der Waals surface area contributed by atoms with Crippen molar-refractivity contribution < 1.29 is 4.42 Å². The van der Waals surface area contributed by atoms with E-state index in [1.807, 2.05) is 0 Å². The first kappa shape index (κ1) is 29.0. The Hall–Kier alpha value is -6.77. The molecule has 2 aromatic heterocycles. The average Bonchev–Trinajstić information content (AvgIpc) is 3.85. The third-order valence-electron chi connectivity index (χ3n) is 11.1. The number of pyridine rings is 1. The lowest BCUT2D eigenvalue weighted by molar-refractivity contribution is 0.507. The van der Waals surface area contributed by atoms with Crippen LogP contribution >= 0.6 is 0 Å². The summed E-state index contributed by atoms with van der Waals surface area (Å²) in [5, 5.41) is 1.14. The topological polar surface area (TPSA) is 26.0 Å². The van der Waals surface area contributed by atoms with Crippen molar-refractivity contribution in [2.45, 2.75) is 5.41 Å². The highest BCUT2D eigenvalue weighted by molar-refractivity contribution is 6.08. The third kappa shape index (κ3) is 4.03. The second-order valence-electron chi connectivity index (χ2n) is 13.8. The van der Waals surface area contributed by atoms with E-state index in [-0.39, 0.29) is 0 Å². The highest BCUT2D eigenvalue weighted by Crippen LogP contribution is 2.65. The minimum atomic E-state index is -0.571. The average molecular weight is 662 g/mol. The van der Waals surface area contributed by atoms with Gasteiger partial charge in [0.2, 0.25) is 0 Å². The van der Waals surface area contributed by atoms with E-state index < -0.39 is 5.41 Å². The van der Waals surface area contributed by atoms with E-state index in [1.54, 1.807) is 0 Å². The number of fused-ring (bicyclic) bond motifs is 12. The number of para-hydroxylation sites is 1. The molecule has 9 aromatic rings. The van der Waals surface area contributed by atoms with Gasteiger partial charge in [-0.25, -0.2) is 4.98 Å².